The van der Waals surface area contributed by atoms with Crippen LogP contribution in [0.2, 0.25) is 0 Å². The number of benzene rings is 1. The number of aromatic amines is 1. The van der Waals surface area contributed by atoms with Crippen LogP contribution in [0.3, 0.4) is 0 Å². The lowest BCUT2D eigenvalue weighted by Gasteiger charge is -2.06. The molecule has 4 rings (SSSR count). The smallest absolute Gasteiger partial charge is 0.234 e. The minimum Gasteiger partial charge on any atom is -0.371 e. The average molecular weight is 391 g/mol. The Labute approximate surface area is 165 Å². The molecule has 3 N–H and O–H groups in total. The monoisotopic (exact) mass is 391 g/mol. The molecule has 0 spiro atoms. The van der Waals surface area contributed by atoms with Gasteiger partial charge in [-0.05, 0) is 29.8 Å². The molecule has 0 radical (unpaired) electrons. The van der Waals surface area contributed by atoms with Gasteiger partial charge in [0.2, 0.25) is 5.91 Å². The lowest BCUT2D eigenvalue weighted by Crippen LogP contribution is -2.21. The van der Waals surface area contributed by atoms with Crippen LogP contribution in [0.15, 0.2) is 30.6 Å². The number of hydrogen-bond acceptors (Lipinski definition) is 5. The number of aryl methyl sites for hydroxylation is 1. The van der Waals surface area contributed by atoms with E-state index in [0.717, 1.165) is 16.4 Å². The zero-order valence-electron chi connectivity index (χ0n) is 15.9. The average Bonchev–Trinajstić information content (AvgIpc) is 3.29. The summed E-state index contributed by atoms with van der Waals surface area (Å²) < 4.78 is 16.1. The van der Waals surface area contributed by atoms with Crippen LogP contribution in [0.25, 0.3) is 33.3 Å². The largest absolute Gasteiger partial charge is 0.371 e. The number of nitrogens with one attached hydrogen (secondary N) is 3. The van der Waals surface area contributed by atoms with Crippen molar-refractivity contribution in [2.45, 2.75) is 13.0 Å². The van der Waals surface area contributed by atoms with E-state index >= 15 is 0 Å². The quantitative estimate of drug-likeness (QED) is 0.484. The van der Waals surface area contributed by atoms with Gasteiger partial charge in [-0.2, -0.15) is 5.26 Å². The summed E-state index contributed by atoms with van der Waals surface area (Å²) in [7, 11) is 3.69. The van der Waals surface area contributed by atoms with Crippen molar-refractivity contribution < 1.29 is 9.18 Å². The number of amides is 1. The number of fused-ring (bicyclic) bond motifs is 3. The Balaban J connectivity index is 1.77. The number of hydrogen-bond donors (Lipinski definition) is 3. The minimum absolute atomic E-state index is 0.139. The summed E-state index contributed by atoms with van der Waals surface area (Å²) in [6.45, 7) is 0.139. The van der Waals surface area contributed by atoms with E-state index in [0.29, 0.717) is 28.3 Å². The molecule has 8 nitrogen and oxygen atoms in total. The summed E-state index contributed by atoms with van der Waals surface area (Å²) in [5, 5.41) is 15.1. The minimum atomic E-state index is -0.416. The first kappa shape index (κ1) is 18.4. The van der Waals surface area contributed by atoms with E-state index in [1.165, 1.54) is 12.1 Å². The van der Waals surface area contributed by atoms with Crippen LogP contribution in [0, 0.1) is 17.1 Å². The van der Waals surface area contributed by atoms with Gasteiger partial charge in [0, 0.05) is 37.3 Å². The number of nitriles is 1. The number of pyridine rings is 1. The number of anilines is 1. The van der Waals surface area contributed by atoms with Gasteiger partial charge in [0.15, 0.2) is 5.82 Å². The number of rotatable bonds is 5. The molecule has 1 amide bonds. The molecular weight excluding hydrogens is 373 g/mol. The molecule has 0 bridgehead atoms. The molecule has 0 aliphatic heterocycles. The Morgan fingerprint density at radius 1 is 1.34 bits per heavy atom. The van der Waals surface area contributed by atoms with Gasteiger partial charge in [-0.1, -0.05) is 0 Å². The molecule has 9 heteroatoms. The van der Waals surface area contributed by atoms with E-state index in [4.69, 9.17) is 5.26 Å². The van der Waals surface area contributed by atoms with Gasteiger partial charge in [0.25, 0.3) is 0 Å². The van der Waals surface area contributed by atoms with Gasteiger partial charge in [-0.3, -0.25) is 4.79 Å². The highest BCUT2D eigenvalue weighted by atomic mass is 19.1. The molecular formula is C20H18FN7O. The Hall–Kier alpha value is -3.93. The maximum absolute atomic E-state index is 14.2. The molecule has 29 heavy (non-hydrogen) atoms. The van der Waals surface area contributed by atoms with Crippen molar-refractivity contribution in [1.82, 2.24) is 24.8 Å². The zero-order valence-corrected chi connectivity index (χ0v) is 15.9. The number of imidazole rings is 1. The maximum atomic E-state index is 14.2. The number of carbonyl (C=O) groups is 1. The fourth-order valence-electron chi connectivity index (χ4n) is 3.37. The maximum Gasteiger partial charge on any atom is 0.234 e. The predicted molar refractivity (Wildman–Crippen MR) is 107 cm³/mol. The van der Waals surface area contributed by atoms with Crippen LogP contribution in [-0.4, -0.2) is 32.5 Å². The summed E-state index contributed by atoms with van der Waals surface area (Å²) >= 11 is 0. The normalized spacial score (nSPS) is 11.0. The summed E-state index contributed by atoms with van der Waals surface area (Å²) in [6, 6.07) is 8.27. The zero-order chi connectivity index (χ0) is 20.5. The molecule has 146 valence electrons. The molecule has 0 aliphatic rings. The van der Waals surface area contributed by atoms with Crippen molar-refractivity contribution in [1.29, 1.82) is 5.26 Å². The van der Waals surface area contributed by atoms with Gasteiger partial charge in [-0.25, -0.2) is 14.4 Å². The molecule has 3 heterocycles. The molecule has 0 atom stereocenters. The number of H-pyrrole nitrogens is 1. The van der Waals surface area contributed by atoms with Crippen LogP contribution in [-0.2, 0) is 18.4 Å². The van der Waals surface area contributed by atoms with Crippen molar-refractivity contribution in [3.05, 3.63) is 42.0 Å². The van der Waals surface area contributed by atoms with Crippen molar-refractivity contribution >= 4 is 33.8 Å². The molecule has 0 aliphatic carbocycles. The number of carbonyl (C=O) groups excluding carboxylic acids is 1. The van der Waals surface area contributed by atoms with Gasteiger partial charge in [0.1, 0.15) is 23.4 Å². The lowest BCUT2D eigenvalue weighted by molar-refractivity contribution is -0.120. The second-order valence-electron chi connectivity index (χ2n) is 6.67. The third-order valence-electron chi connectivity index (χ3n) is 4.67. The first-order chi connectivity index (χ1) is 14.0. The molecule has 0 unspecified atom stereocenters. The topological polar surface area (TPSA) is 111 Å². The second-order valence-corrected chi connectivity index (χ2v) is 6.67. The molecule has 0 fully saturated rings. The van der Waals surface area contributed by atoms with Crippen LogP contribution in [0.5, 0.6) is 0 Å². The number of aromatic nitrogens is 4. The third-order valence-corrected chi connectivity index (χ3v) is 4.67. The summed E-state index contributed by atoms with van der Waals surface area (Å²) in [5.74, 6) is -0.159. The highest BCUT2D eigenvalue weighted by Crippen LogP contribution is 2.32. The van der Waals surface area contributed by atoms with Gasteiger partial charge in [-0.15, -0.1) is 0 Å². The van der Waals surface area contributed by atoms with E-state index in [-0.39, 0.29) is 13.0 Å². The van der Waals surface area contributed by atoms with Gasteiger partial charge >= 0.3 is 0 Å². The molecule has 3 aromatic heterocycles. The first-order valence-corrected chi connectivity index (χ1v) is 8.95. The Kier molecular flexibility index (Phi) is 4.60. The molecule has 0 saturated heterocycles. The standard InChI is InChI=1S/C20H18FN7O/c1-23-20-17-18(28(2)10-25-17)14-8-15(26-19(14)27-20)12-5-11(6-13(21)7-12)9-24-16(29)3-4-22/h5-8,10H,3,9H2,1-2H3,(H,24,29)(H2,23,26,27). The highest BCUT2D eigenvalue weighted by molar-refractivity contribution is 6.07. The summed E-state index contributed by atoms with van der Waals surface area (Å²) in [6.07, 6.45) is 1.49. The second kappa shape index (κ2) is 7.24. The summed E-state index contributed by atoms with van der Waals surface area (Å²) in [4.78, 5) is 23.7. The molecule has 4 aromatic rings. The van der Waals surface area contributed by atoms with Crippen LogP contribution < -0.4 is 10.6 Å². The van der Waals surface area contributed by atoms with Crippen molar-refractivity contribution in [2.75, 3.05) is 12.4 Å². The number of halogens is 1. The Morgan fingerprint density at radius 2 is 2.17 bits per heavy atom. The Bertz CT molecular complexity index is 1280. The van der Waals surface area contributed by atoms with Gasteiger partial charge < -0.3 is 20.2 Å². The summed E-state index contributed by atoms with van der Waals surface area (Å²) in [5.41, 5.74) is 4.27. The van der Waals surface area contributed by atoms with E-state index in [1.807, 2.05) is 17.7 Å². The van der Waals surface area contributed by atoms with Crippen molar-refractivity contribution in [3.63, 3.8) is 0 Å². The van der Waals surface area contributed by atoms with Crippen molar-refractivity contribution in [3.8, 4) is 17.3 Å². The fourth-order valence-corrected chi connectivity index (χ4v) is 3.37. The fraction of sp³-hybridized carbons (Fsp3) is 0.200. The Morgan fingerprint density at radius 3 is 2.93 bits per heavy atom. The molecule has 1 aromatic carbocycles. The van der Waals surface area contributed by atoms with Crippen molar-refractivity contribution in [2.24, 2.45) is 7.05 Å². The lowest BCUT2D eigenvalue weighted by atomic mass is 10.1. The predicted octanol–water partition coefficient (Wildman–Crippen LogP) is 2.83. The van der Waals surface area contributed by atoms with E-state index < -0.39 is 11.7 Å². The van der Waals surface area contributed by atoms with E-state index in [1.54, 1.807) is 25.5 Å². The van der Waals surface area contributed by atoms with Crippen LogP contribution in [0.1, 0.15) is 12.0 Å². The van der Waals surface area contributed by atoms with Crippen LogP contribution >= 0.6 is 0 Å². The highest BCUT2D eigenvalue weighted by Gasteiger charge is 2.15. The van der Waals surface area contributed by atoms with E-state index in [2.05, 4.69) is 25.6 Å². The first-order valence-electron chi connectivity index (χ1n) is 8.95. The van der Waals surface area contributed by atoms with Crippen LogP contribution in [0.4, 0.5) is 10.2 Å². The SMILES string of the molecule is CNc1nc2[nH]c(-c3cc(F)cc(CNC(=O)CC#N)c3)cc2c2c1ncn2C. The molecule has 0 saturated carbocycles. The van der Waals surface area contributed by atoms with Gasteiger partial charge in [0.05, 0.1) is 17.9 Å². The third kappa shape index (κ3) is 3.36. The van der Waals surface area contributed by atoms with E-state index in [9.17, 15) is 9.18 Å². The number of nitrogens with zero attached hydrogens (tertiary/aromatic N) is 4.